The van der Waals surface area contributed by atoms with E-state index < -0.39 is 6.10 Å². The van der Waals surface area contributed by atoms with Crippen LogP contribution in [0.25, 0.3) is 0 Å². The molecule has 0 radical (unpaired) electrons. The summed E-state index contributed by atoms with van der Waals surface area (Å²) in [7, 11) is 0. The van der Waals surface area contributed by atoms with Gasteiger partial charge < -0.3 is 14.2 Å². The summed E-state index contributed by atoms with van der Waals surface area (Å²) >= 11 is 0. The van der Waals surface area contributed by atoms with Gasteiger partial charge in [-0.15, -0.1) is 0 Å². The normalized spacial score (nSPS) is 12.2. The van der Waals surface area contributed by atoms with E-state index in [-0.39, 0.29) is 31.1 Å². The minimum absolute atomic E-state index is 0.0663. The van der Waals surface area contributed by atoms with Gasteiger partial charge in [0.1, 0.15) is 13.2 Å². The first kappa shape index (κ1) is 76.6. The standard InChI is InChI=1S/C73H136O6/c1-4-7-10-13-16-18-20-22-24-26-28-30-32-34-35-36-37-38-39-40-42-43-45-47-49-51-53-55-57-60-63-66-72(75)78-69-70(68-77-71(74)65-62-59-15-12-9-6-3)79-73(76)67-64-61-58-56-54-52-50-48-46-44-41-33-31-29-27-25-23-21-19-17-14-11-8-5-2/h20,22,26,28,32,34,70H,4-19,21,23-25,27,29-31,33,35-69H2,1-3H3/b22-20-,28-26-,34-32-. The zero-order chi connectivity index (χ0) is 57.1. The summed E-state index contributed by atoms with van der Waals surface area (Å²) < 4.78 is 16.9. The molecule has 0 aromatic heterocycles. The fraction of sp³-hybridized carbons (Fsp3) is 0.877. The van der Waals surface area contributed by atoms with Crippen molar-refractivity contribution in [2.45, 2.75) is 399 Å². The molecule has 1 unspecified atom stereocenters. The van der Waals surface area contributed by atoms with Crippen LogP contribution in [0.2, 0.25) is 0 Å². The van der Waals surface area contributed by atoms with Gasteiger partial charge in [-0.05, 0) is 57.8 Å². The fourth-order valence-corrected chi connectivity index (χ4v) is 10.8. The summed E-state index contributed by atoms with van der Waals surface area (Å²) in [5.41, 5.74) is 0. The molecule has 0 aliphatic carbocycles. The maximum absolute atomic E-state index is 12.9. The molecule has 464 valence electrons. The van der Waals surface area contributed by atoms with Crippen molar-refractivity contribution in [1.82, 2.24) is 0 Å². The van der Waals surface area contributed by atoms with Crippen molar-refractivity contribution >= 4 is 17.9 Å². The first-order valence-electron chi connectivity index (χ1n) is 35.5. The van der Waals surface area contributed by atoms with Crippen molar-refractivity contribution in [3.05, 3.63) is 36.5 Å². The first-order valence-corrected chi connectivity index (χ1v) is 35.5. The Balaban J connectivity index is 3.97. The molecule has 0 bridgehead atoms. The van der Waals surface area contributed by atoms with Crippen LogP contribution in [0.3, 0.4) is 0 Å². The molecular formula is C73H136O6. The number of ether oxygens (including phenoxy) is 3. The van der Waals surface area contributed by atoms with Crippen LogP contribution in [0.1, 0.15) is 393 Å². The largest absolute Gasteiger partial charge is 0.462 e. The van der Waals surface area contributed by atoms with Gasteiger partial charge in [0.05, 0.1) is 0 Å². The Morgan fingerprint density at radius 2 is 0.456 bits per heavy atom. The molecule has 1 atom stereocenters. The van der Waals surface area contributed by atoms with Gasteiger partial charge in [0.15, 0.2) is 6.10 Å². The zero-order valence-corrected chi connectivity index (χ0v) is 53.4. The van der Waals surface area contributed by atoms with Crippen LogP contribution >= 0.6 is 0 Å². The van der Waals surface area contributed by atoms with Crippen LogP contribution in [0.15, 0.2) is 36.5 Å². The van der Waals surface area contributed by atoms with E-state index in [0.29, 0.717) is 19.3 Å². The second-order valence-corrected chi connectivity index (χ2v) is 24.2. The van der Waals surface area contributed by atoms with E-state index in [1.54, 1.807) is 0 Å². The van der Waals surface area contributed by atoms with Gasteiger partial charge in [-0.3, -0.25) is 14.4 Å². The number of hydrogen-bond acceptors (Lipinski definition) is 6. The topological polar surface area (TPSA) is 78.9 Å². The third-order valence-electron chi connectivity index (χ3n) is 16.1. The highest BCUT2D eigenvalue weighted by atomic mass is 16.6. The third-order valence-corrected chi connectivity index (χ3v) is 16.1. The molecule has 0 aromatic rings. The summed E-state index contributed by atoms with van der Waals surface area (Å²) in [4.78, 5) is 38.1. The summed E-state index contributed by atoms with van der Waals surface area (Å²) in [5, 5.41) is 0. The van der Waals surface area contributed by atoms with Gasteiger partial charge in [0.25, 0.3) is 0 Å². The van der Waals surface area contributed by atoms with Crippen molar-refractivity contribution in [3.63, 3.8) is 0 Å². The molecule has 6 heteroatoms. The number of rotatable bonds is 66. The molecule has 0 saturated carbocycles. The Labute approximate surface area is 493 Å². The van der Waals surface area contributed by atoms with Crippen molar-refractivity contribution in [1.29, 1.82) is 0 Å². The Hall–Kier alpha value is -2.37. The van der Waals surface area contributed by atoms with E-state index in [0.717, 1.165) is 70.6 Å². The summed E-state index contributed by atoms with van der Waals surface area (Å²) in [6.45, 7) is 6.64. The van der Waals surface area contributed by atoms with Crippen molar-refractivity contribution in [3.8, 4) is 0 Å². The smallest absolute Gasteiger partial charge is 0.306 e. The second-order valence-electron chi connectivity index (χ2n) is 24.2. The number of esters is 3. The Morgan fingerprint density at radius 1 is 0.253 bits per heavy atom. The van der Waals surface area contributed by atoms with Crippen LogP contribution in [-0.4, -0.2) is 37.2 Å². The molecule has 0 aliphatic heterocycles. The van der Waals surface area contributed by atoms with Crippen LogP contribution in [0, 0.1) is 0 Å². The summed E-state index contributed by atoms with van der Waals surface area (Å²) in [6.07, 6.45) is 85.1. The van der Waals surface area contributed by atoms with Gasteiger partial charge in [0.2, 0.25) is 0 Å². The first-order chi connectivity index (χ1) is 39.0. The monoisotopic (exact) mass is 1110 g/mol. The average Bonchev–Trinajstić information content (AvgIpc) is 3.45. The van der Waals surface area contributed by atoms with Crippen LogP contribution in [0.4, 0.5) is 0 Å². The highest BCUT2D eigenvalue weighted by Gasteiger charge is 2.19. The predicted molar refractivity (Wildman–Crippen MR) is 344 cm³/mol. The lowest BCUT2D eigenvalue weighted by atomic mass is 10.0. The quantitative estimate of drug-likeness (QED) is 0.0261. The zero-order valence-electron chi connectivity index (χ0n) is 53.4. The summed E-state index contributed by atoms with van der Waals surface area (Å²) in [6, 6.07) is 0. The Morgan fingerprint density at radius 3 is 0.709 bits per heavy atom. The number of allylic oxidation sites excluding steroid dienone is 6. The molecule has 0 rings (SSSR count). The van der Waals surface area contributed by atoms with Crippen LogP contribution < -0.4 is 0 Å². The summed E-state index contributed by atoms with van der Waals surface area (Å²) in [5.74, 6) is -0.849. The lowest BCUT2D eigenvalue weighted by molar-refractivity contribution is -0.167. The molecule has 6 nitrogen and oxygen atoms in total. The molecule has 0 saturated heterocycles. The van der Waals surface area contributed by atoms with Gasteiger partial charge >= 0.3 is 17.9 Å². The SMILES string of the molecule is CCCCCCC/C=C\C/C=C\C/C=C\CCCCCCCCCCCCCCCCCCC(=O)OCC(COC(=O)CCCCCCCC)OC(=O)CCCCCCCCCCCCCCCCCCCCCCCCCC. The highest BCUT2D eigenvalue weighted by molar-refractivity contribution is 5.71. The maximum atomic E-state index is 12.9. The number of hydrogen-bond donors (Lipinski definition) is 0. The number of carbonyl (C=O) groups is 3. The van der Waals surface area contributed by atoms with E-state index in [1.807, 2.05) is 0 Å². The molecule has 0 heterocycles. The van der Waals surface area contributed by atoms with E-state index in [1.165, 1.54) is 283 Å². The van der Waals surface area contributed by atoms with Crippen LogP contribution in [0.5, 0.6) is 0 Å². The molecular weight excluding hydrogens is 973 g/mol. The van der Waals surface area contributed by atoms with E-state index in [9.17, 15) is 14.4 Å². The van der Waals surface area contributed by atoms with Crippen molar-refractivity contribution in [2.75, 3.05) is 13.2 Å². The number of unbranched alkanes of at least 4 members (excludes halogenated alkanes) is 49. The van der Waals surface area contributed by atoms with Crippen molar-refractivity contribution in [2.24, 2.45) is 0 Å². The lowest BCUT2D eigenvalue weighted by Gasteiger charge is -2.18. The van der Waals surface area contributed by atoms with Gasteiger partial charge in [-0.1, -0.05) is 353 Å². The van der Waals surface area contributed by atoms with Crippen LogP contribution in [-0.2, 0) is 28.6 Å². The van der Waals surface area contributed by atoms with E-state index in [4.69, 9.17) is 14.2 Å². The molecule has 0 N–H and O–H groups in total. The van der Waals surface area contributed by atoms with Gasteiger partial charge in [-0.2, -0.15) is 0 Å². The van der Waals surface area contributed by atoms with E-state index >= 15 is 0 Å². The minimum atomic E-state index is -0.766. The maximum Gasteiger partial charge on any atom is 0.306 e. The van der Waals surface area contributed by atoms with E-state index in [2.05, 4.69) is 57.2 Å². The minimum Gasteiger partial charge on any atom is -0.462 e. The highest BCUT2D eigenvalue weighted by Crippen LogP contribution is 2.19. The molecule has 0 aromatic carbocycles. The Bertz CT molecular complexity index is 1320. The molecule has 79 heavy (non-hydrogen) atoms. The molecule has 0 amide bonds. The average molecular weight is 1110 g/mol. The van der Waals surface area contributed by atoms with Gasteiger partial charge in [-0.25, -0.2) is 0 Å². The molecule has 0 fully saturated rings. The molecule has 0 spiro atoms. The van der Waals surface area contributed by atoms with Gasteiger partial charge in [0, 0.05) is 19.3 Å². The Kier molecular flexibility index (Phi) is 66.1. The predicted octanol–water partition coefficient (Wildman–Crippen LogP) is 24.3. The third kappa shape index (κ3) is 66.3. The fourth-order valence-electron chi connectivity index (χ4n) is 10.8. The number of carbonyl (C=O) groups excluding carboxylic acids is 3. The van der Waals surface area contributed by atoms with Crippen molar-refractivity contribution < 1.29 is 28.6 Å². The molecule has 0 aliphatic rings. The lowest BCUT2D eigenvalue weighted by Crippen LogP contribution is -2.30. The second kappa shape index (κ2) is 68.1.